The van der Waals surface area contributed by atoms with E-state index in [0.29, 0.717) is 16.8 Å². The summed E-state index contributed by atoms with van der Waals surface area (Å²) in [6.45, 7) is 1.25. The number of nitrogens with one attached hydrogen (secondary N) is 5. The average molecular weight is 726 g/mol. The molecule has 1 rings (SSSR count). The first-order chi connectivity index (χ1) is 23.8. The van der Waals surface area contributed by atoms with Gasteiger partial charge in [-0.15, -0.1) is 0 Å². The maximum absolute atomic E-state index is 12.7. The highest BCUT2D eigenvalue weighted by Crippen LogP contribution is 2.17. The van der Waals surface area contributed by atoms with Gasteiger partial charge in [-0.2, -0.15) is 5.06 Å². The lowest BCUT2D eigenvalue weighted by Gasteiger charge is -2.20. The number of aliphatic carboxylic acids is 2. The van der Waals surface area contributed by atoms with Crippen LogP contribution in [0.15, 0.2) is 24.3 Å². The van der Waals surface area contributed by atoms with Crippen molar-refractivity contribution in [2.45, 2.75) is 51.0 Å². The molecule has 2 atom stereocenters. The number of benzene rings is 1. The van der Waals surface area contributed by atoms with Crippen molar-refractivity contribution in [3.63, 3.8) is 0 Å². The molecule has 0 spiro atoms. The molecule has 50 heavy (non-hydrogen) atoms. The lowest BCUT2D eigenvalue weighted by Crippen LogP contribution is -2.50. The predicted molar refractivity (Wildman–Crippen MR) is 182 cm³/mol. The van der Waals surface area contributed by atoms with E-state index in [1.165, 1.54) is 12.1 Å². The van der Waals surface area contributed by atoms with Crippen molar-refractivity contribution in [2.24, 2.45) is 5.73 Å². The molecule has 2 unspecified atom stereocenters. The Morgan fingerprint density at radius 3 is 2.14 bits per heavy atom. The first-order valence-corrected chi connectivity index (χ1v) is 16.6. The van der Waals surface area contributed by atoms with Crippen molar-refractivity contribution in [1.29, 1.82) is 0 Å². The number of nitrogens with two attached hydrogens (primary N) is 1. The number of amides is 5. The third-order valence-electron chi connectivity index (χ3n) is 6.61. The van der Waals surface area contributed by atoms with Crippen molar-refractivity contribution >= 4 is 77.0 Å². The van der Waals surface area contributed by atoms with Crippen LogP contribution in [0.25, 0.3) is 0 Å². The fourth-order valence-corrected chi connectivity index (χ4v) is 4.69. The molecule has 0 aliphatic rings. The first-order valence-electron chi connectivity index (χ1n) is 15.7. The van der Waals surface area contributed by atoms with Crippen molar-refractivity contribution in [3.8, 4) is 0 Å². The summed E-state index contributed by atoms with van der Waals surface area (Å²) in [5.74, 6) is -6.08. The summed E-state index contributed by atoms with van der Waals surface area (Å²) in [5.41, 5.74) is 6.40. The maximum Gasteiger partial charge on any atom is 0.322 e. The van der Waals surface area contributed by atoms with Gasteiger partial charge in [0.1, 0.15) is 25.2 Å². The van der Waals surface area contributed by atoms with Crippen molar-refractivity contribution in [1.82, 2.24) is 26.6 Å². The molecule has 0 radical (unpaired) electrons. The topological polar surface area (TPSA) is 296 Å². The van der Waals surface area contributed by atoms with Gasteiger partial charge in [-0.05, 0) is 18.6 Å². The Morgan fingerprint density at radius 2 is 1.52 bits per heavy atom. The van der Waals surface area contributed by atoms with E-state index in [9.17, 15) is 48.7 Å². The number of hydrogen-bond donors (Lipinski definition) is 9. The van der Waals surface area contributed by atoms with E-state index in [2.05, 4.69) is 26.6 Å². The highest BCUT2D eigenvalue weighted by atomic mass is 32.2. The molecule has 1 aromatic rings. The van der Waals surface area contributed by atoms with Crippen LogP contribution in [-0.4, -0.2) is 127 Å². The maximum atomic E-state index is 12.7. The zero-order valence-electron chi connectivity index (χ0n) is 27.6. The molecule has 276 valence electrons. The molecule has 10 N–H and O–H groups in total. The molecule has 1 aromatic carbocycles. The summed E-state index contributed by atoms with van der Waals surface area (Å²) in [5, 5.41) is 40.3. The van der Waals surface area contributed by atoms with E-state index < -0.39 is 60.0 Å². The first kappa shape index (κ1) is 43.3. The number of carboxylic acid groups (broad SMARTS) is 2. The number of anilines is 1. The van der Waals surface area contributed by atoms with Crippen LogP contribution in [0.2, 0.25) is 6.82 Å². The smallest absolute Gasteiger partial charge is 0.322 e. The van der Waals surface area contributed by atoms with Gasteiger partial charge in [-0.25, -0.2) is 0 Å². The highest BCUT2D eigenvalue weighted by molar-refractivity contribution is 8.13. The number of thioether (sulfide) groups is 1. The van der Waals surface area contributed by atoms with Crippen LogP contribution in [0.5, 0.6) is 0 Å². The molecule has 0 saturated heterocycles. The van der Waals surface area contributed by atoms with Gasteiger partial charge < -0.3 is 47.3 Å². The molecule has 5 amide bonds. The third kappa shape index (κ3) is 18.7. The van der Waals surface area contributed by atoms with Crippen LogP contribution in [0.1, 0.15) is 32.1 Å². The Balaban J connectivity index is 2.53. The van der Waals surface area contributed by atoms with Crippen LogP contribution in [0.4, 0.5) is 10.5 Å². The lowest BCUT2D eigenvalue weighted by atomic mass is 9.73. The highest BCUT2D eigenvalue weighted by Gasteiger charge is 2.26. The number of esters is 1. The van der Waals surface area contributed by atoms with Crippen LogP contribution in [0.3, 0.4) is 0 Å². The van der Waals surface area contributed by atoms with E-state index in [1.807, 2.05) is 6.82 Å². The Kier molecular flexibility index (Phi) is 21.1. The van der Waals surface area contributed by atoms with E-state index in [-0.39, 0.29) is 81.7 Å². The van der Waals surface area contributed by atoms with Gasteiger partial charge in [0.25, 0.3) is 0 Å². The summed E-state index contributed by atoms with van der Waals surface area (Å²) < 4.78 is 4.99. The number of hydroxylamine groups is 1. The molecule has 0 fully saturated rings. The monoisotopic (exact) mass is 725 g/mol. The Bertz CT molecular complexity index is 1320. The molecule has 0 heterocycles. The van der Waals surface area contributed by atoms with E-state index in [1.54, 1.807) is 12.1 Å². The standard InChI is InChI=1S/C29H44BN7O12S/c1-30-18-2-4-19(5-3-18)37(48)29(47)50-17-21(27(44)35-16-25(41)42)36-24(40)7-6-20(28(45)46)32-13-10-26(43)49-15-14-34-23(39)9-12-33-22(38)8-11-31/h2-5,20-21,30,32,48H,6-17,31H2,1H3,(H,33,38)(H,34,39)(H,35,44)(H,36,40)(H,41,42)(H,45,46). The largest absolute Gasteiger partial charge is 0.480 e. The number of carboxylic acids is 2. The second-order valence-corrected chi connectivity index (χ2v) is 11.5. The zero-order valence-corrected chi connectivity index (χ0v) is 28.4. The minimum Gasteiger partial charge on any atom is -0.480 e. The van der Waals surface area contributed by atoms with Crippen LogP contribution in [-0.2, 0) is 38.3 Å². The molecule has 0 aliphatic heterocycles. The molecule has 0 saturated carbocycles. The van der Waals surface area contributed by atoms with Gasteiger partial charge in [-0.3, -0.25) is 43.6 Å². The third-order valence-corrected chi connectivity index (χ3v) is 7.53. The number of nitrogens with zero attached hydrogens (tertiary/aromatic N) is 1. The normalized spacial score (nSPS) is 11.7. The van der Waals surface area contributed by atoms with Gasteiger partial charge >= 0.3 is 23.1 Å². The van der Waals surface area contributed by atoms with Crippen LogP contribution >= 0.6 is 11.8 Å². The van der Waals surface area contributed by atoms with E-state index >= 15 is 0 Å². The summed E-state index contributed by atoms with van der Waals surface area (Å²) in [6.07, 6.45) is -0.709. The predicted octanol–water partition coefficient (Wildman–Crippen LogP) is -2.74. The quantitative estimate of drug-likeness (QED) is 0.0172. The lowest BCUT2D eigenvalue weighted by molar-refractivity contribution is -0.145. The minimum atomic E-state index is -1.41. The summed E-state index contributed by atoms with van der Waals surface area (Å²) >= 11 is 0.485. The Labute approximate surface area is 293 Å². The van der Waals surface area contributed by atoms with E-state index in [4.69, 9.17) is 15.6 Å². The molecule has 0 aliphatic carbocycles. The number of carbonyl (C=O) groups is 8. The average Bonchev–Trinajstić information content (AvgIpc) is 3.08. The van der Waals surface area contributed by atoms with Crippen LogP contribution < -0.4 is 42.8 Å². The van der Waals surface area contributed by atoms with Crippen molar-refractivity contribution < 1.29 is 58.5 Å². The fraction of sp³-hybridized carbons (Fsp3) is 0.517. The molecule has 0 bridgehead atoms. The second kappa shape index (κ2) is 24.4. The second-order valence-electron chi connectivity index (χ2n) is 10.5. The minimum absolute atomic E-state index is 0.0225. The summed E-state index contributed by atoms with van der Waals surface area (Å²) in [6, 6.07) is 3.79. The van der Waals surface area contributed by atoms with Gasteiger partial charge in [0.15, 0.2) is 7.28 Å². The van der Waals surface area contributed by atoms with Crippen molar-refractivity contribution in [3.05, 3.63) is 24.3 Å². The molecule has 21 heteroatoms. The zero-order chi connectivity index (χ0) is 37.5. The Morgan fingerprint density at radius 1 is 0.860 bits per heavy atom. The van der Waals surface area contributed by atoms with Crippen LogP contribution in [0, 0.1) is 0 Å². The number of hydrogen-bond acceptors (Lipinski definition) is 13. The van der Waals surface area contributed by atoms with Gasteiger partial charge in [0, 0.05) is 44.6 Å². The van der Waals surface area contributed by atoms with Gasteiger partial charge in [-0.1, -0.05) is 36.2 Å². The molecular weight excluding hydrogens is 681 g/mol. The molecule has 19 nitrogen and oxygen atoms in total. The van der Waals surface area contributed by atoms with Gasteiger partial charge in [0.05, 0.1) is 18.7 Å². The SMILES string of the molecule is CBc1ccc(N(O)C(=O)SCC(NC(=O)CCC(NCCC(=O)OCCNC(=O)CCNC(=O)CCN)C(=O)O)C(=O)NCC(=O)O)cc1. The number of ether oxygens (including phenoxy) is 1. The fourth-order valence-electron chi connectivity index (χ4n) is 3.92. The summed E-state index contributed by atoms with van der Waals surface area (Å²) in [7, 11) is 0.741. The summed E-state index contributed by atoms with van der Waals surface area (Å²) in [4.78, 5) is 95.5. The Hall–Kier alpha value is -4.73. The van der Waals surface area contributed by atoms with Crippen molar-refractivity contribution in [2.75, 3.05) is 50.1 Å². The van der Waals surface area contributed by atoms with E-state index in [0.717, 1.165) is 12.7 Å². The molecular formula is C29H44BN7O12S. The van der Waals surface area contributed by atoms with Gasteiger partial charge in [0.2, 0.25) is 23.6 Å². The number of carbonyl (C=O) groups excluding carboxylic acids is 6. The molecule has 0 aromatic heterocycles. The number of rotatable bonds is 24.